The summed E-state index contributed by atoms with van der Waals surface area (Å²) in [6, 6.07) is 0. The minimum atomic E-state index is -6.29. The van der Waals surface area contributed by atoms with Crippen molar-refractivity contribution in [2.75, 3.05) is 5.75 Å². The van der Waals surface area contributed by atoms with E-state index in [1.807, 2.05) is 0 Å². The lowest BCUT2D eigenvalue weighted by atomic mass is 10.0. The Morgan fingerprint density at radius 2 is 0.850 bits per heavy atom. The van der Waals surface area contributed by atoms with Crippen LogP contribution in [0.25, 0.3) is 0 Å². The van der Waals surface area contributed by atoms with Gasteiger partial charge in [-0.05, 0) is 6.42 Å². The maximum Gasteiger partial charge on any atom is 0.438 e. The van der Waals surface area contributed by atoms with Crippen LogP contribution in [0.2, 0.25) is 0 Å². The first-order valence-electron chi connectivity index (χ1n) is 15.0. The van der Waals surface area contributed by atoms with Crippen LogP contribution in [-0.4, -0.2) is 42.6 Å². The standard InChI is InChI=1S/C28H50F6O5S/c1-2-3-4-5-6-7-8-9-10-11-12-13-14-15-16-17-18-19-20-21-22-23-25(35)39-26(27(29,30)31,28(32,33)34)24-40(36,37)38/h2-24H2,1H3,(H,36,37,38). The van der Waals surface area contributed by atoms with Crippen LogP contribution in [0.5, 0.6) is 0 Å². The van der Waals surface area contributed by atoms with Crippen molar-refractivity contribution in [1.82, 2.24) is 0 Å². The molecule has 0 aromatic carbocycles. The lowest BCUT2D eigenvalue weighted by Gasteiger charge is -2.35. The number of carbonyl (C=O) groups excluding carboxylic acids is 1. The highest BCUT2D eigenvalue weighted by molar-refractivity contribution is 7.85. The lowest BCUT2D eigenvalue weighted by molar-refractivity contribution is -0.361. The van der Waals surface area contributed by atoms with E-state index in [4.69, 9.17) is 4.55 Å². The summed E-state index contributed by atoms with van der Waals surface area (Å²) in [4.78, 5) is 11.7. The first-order chi connectivity index (χ1) is 18.7. The van der Waals surface area contributed by atoms with E-state index in [9.17, 15) is 39.6 Å². The summed E-state index contributed by atoms with van der Waals surface area (Å²) in [5, 5.41) is 0. The van der Waals surface area contributed by atoms with Crippen LogP contribution < -0.4 is 0 Å². The van der Waals surface area contributed by atoms with E-state index in [0.717, 1.165) is 25.7 Å². The molecule has 12 heteroatoms. The lowest BCUT2D eigenvalue weighted by Crippen LogP contribution is -2.63. The van der Waals surface area contributed by atoms with Gasteiger partial charge in [0.2, 0.25) is 0 Å². The molecular weight excluding hydrogens is 562 g/mol. The summed E-state index contributed by atoms with van der Waals surface area (Å²) in [5.41, 5.74) is -5.32. The van der Waals surface area contributed by atoms with Crippen LogP contribution in [0.3, 0.4) is 0 Å². The fourth-order valence-electron chi connectivity index (χ4n) is 4.67. The van der Waals surface area contributed by atoms with Crippen molar-refractivity contribution in [1.29, 1.82) is 0 Å². The summed E-state index contributed by atoms with van der Waals surface area (Å²) in [7, 11) is -5.77. The van der Waals surface area contributed by atoms with Crippen molar-refractivity contribution < 1.29 is 48.8 Å². The monoisotopic (exact) mass is 612 g/mol. The number of unbranched alkanes of at least 4 members (excludes halogenated alkanes) is 20. The molecule has 0 aliphatic heterocycles. The zero-order valence-corrected chi connectivity index (χ0v) is 24.8. The average Bonchev–Trinajstić information content (AvgIpc) is 2.82. The van der Waals surface area contributed by atoms with Crippen LogP contribution in [-0.2, 0) is 19.6 Å². The van der Waals surface area contributed by atoms with Gasteiger partial charge in [-0.2, -0.15) is 34.8 Å². The van der Waals surface area contributed by atoms with Gasteiger partial charge in [-0.1, -0.05) is 135 Å². The smallest absolute Gasteiger partial charge is 0.438 e. The van der Waals surface area contributed by atoms with Gasteiger partial charge in [-0.15, -0.1) is 0 Å². The SMILES string of the molecule is CCCCCCCCCCCCCCCCCCCCCCCC(=O)OC(CS(=O)(=O)O)(C(F)(F)F)C(F)(F)F. The van der Waals surface area contributed by atoms with Crippen molar-refractivity contribution in [3.8, 4) is 0 Å². The highest BCUT2D eigenvalue weighted by atomic mass is 32.2. The van der Waals surface area contributed by atoms with Gasteiger partial charge in [0, 0.05) is 6.42 Å². The molecule has 0 saturated heterocycles. The van der Waals surface area contributed by atoms with Gasteiger partial charge in [0.05, 0.1) is 0 Å². The molecule has 0 amide bonds. The molecule has 0 saturated carbocycles. The number of esters is 1. The highest BCUT2D eigenvalue weighted by Gasteiger charge is 2.75. The quantitative estimate of drug-likeness (QED) is 0.0480. The summed E-state index contributed by atoms with van der Waals surface area (Å²) in [6.45, 7) is 2.23. The molecule has 240 valence electrons. The van der Waals surface area contributed by atoms with E-state index >= 15 is 0 Å². The van der Waals surface area contributed by atoms with Crippen LogP contribution in [0.15, 0.2) is 0 Å². The first-order valence-corrected chi connectivity index (χ1v) is 16.6. The van der Waals surface area contributed by atoms with Gasteiger partial charge in [-0.3, -0.25) is 9.35 Å². The predicted molar refractivity (Wildman–Crippen MR) is 145 cm³/mol. The normalized spacial score (nSPS) is 13.1. The summed E-state index contributed by atoms with van der Waals surface area (Å²) >= 11 is 0. The van der Waals surface area contributed by atoms with E-state index in [2.05, 4.69) is 11.7 Å². The Bertz CT molecular complexity index is 739. The fraction of sp³-hybridized carbons (Fsp3) is 0.964. The van der Waals surface area contributed by atoms with E-state index in [-0.39, 0.29) is 6.42 Å². The van der Waals surface area contributed by atoms with Crippen LogP contribution in [0, 0.1) is 0 Å². The molecule has 0 heterocycles. The number of ether oxygens (including phenoxy) is 1. The van der Waals surface area contributed by atoms with Gasteiger partial charge in [-0.25, -0.2) is 0 Å². The number of hydrogen-bond acceptors (Lipinski definition) is 4. The minimum absolute atomic E-state index is 0.00939. The zero-order valence-electron chi connectivity index (χ0n) is 24.0. The molecule has 0 radical (unpaired) electrons. The molecule has 1 N–H and O–H groups in total. The van der Waals surface area contributed by atoms with E-state index in [1.165, 1.54) is 89.9 Å². The predicted octanol–water partition coefficient (Wildman–Crippen LogP) is 9.88. The Hall–Kier alpha value is -1.04. The second-order valence-electron chi connectivity index (χ2n) is 10.8. The molecule has 40 heavy (non-hydrogen) atoms. The Balaban J connectivity index is 3.85. The van der Waals surface area contributed by atoms with Gasteiger partial charge in [0.15, 0.2) is 0 Å². The number of hydrogen-bond donors (Lipinski definition) is 1. The first kappa shape index (κ1) is 39.0. The van der Waals surface area contributed by atoms with E-state index < -0.39 is 46.2 Å². The number of alkyl halides is 6. The molecule has 0 aromatic heterocycles. The average molecular weight is 613 g/mol. The van der Waals surface area contributed by atoms with Crippen molar-refractivity contribution in [2.24, 2.45) is 0 Å². The number of rotatable bonds is 25. The zero-order chi connectivity index (χ0) is 30.5. The molecule has 0 fully saturated rings. The third-order valence-electron chi connectivity index (χ3n) is 7.07. The van der Waals surface area contributed by atoms with Gasteiger partial charge in [0.25, 0.3) is 10.1 Å². The van der Waals surface area contributed by atoms with E-state index in [1.54, 1.807) is 0 Å². The molecule has 0 unspecified atom stereocenters. The molecule has 0 spiro atoms. The molecule has 0 aliphatic rings. The van der Waals surface area contributed by atoms with Crippen molar-refractivity contribution in [2.45, 2.75) is 166 Å². The van der Waals surface area contributed by atoms with Crippen LogP contribution in [0.4, 0.5) is 26.3 Å². The maximum atomic E-state index is 13.2. The number of carbonyl (C=O) groups is 1. The fourth-order valence-corrected chi connectivity index (χ4v) is 5.57. The minimum Gasteiger partial charge on any atom is -0.438 e. The number of halogens is 6. The van der Waals surface area contributed by atoms with Crippen LogP contribution in [0.1, 0.15) is 148 Å². The van der Waals surface area contributed by atoms with Crippen molar-refractivity contribution in [3.63, 3.8) is 0 Å². The van der Waals surface area contributed by atoms with Crippen molar-refractivity contribution in [3.05, 3.63) is 0 Å². The topological polar surface area (TPSA) is 80.7 Å². The Morgan fingerprint density at radius 3 is 1.10 bits per heavy atom. The molecule has 0 aliphatic carbocycles. The molecule has 0 bridgehead atoms. The largest absolute Gasteiger partial charge is 0.438 e. The van der Waals surface area contributed by atoms with E-state index in [0.29, 0.717) is 12.8 Å². The second-order valence-corrected chi connectivity index (χ2v) is 12.3. The molecule has 0 aromatic rings. The van der Waals surface area contributed by atoms with Gasteiger partial charge < -0.3 is 4.74 Å². The summed E-state index contributed by atoms with van der Waals surface area (Å²) in [5.74, 6) is -4.67. The molecular formula is C28H50F6O5S. The Labute approximate surface area is 236 Å². The molecule has 0 atom stereocenters. The highest BCUT2D eigenvalue weighted by Crippen LogP contribution is 2.47. The third-order valence-corrected chi connectivity index (χ3v) is 7.85. The van der Waals surface area contributed by atoms with Crippen molar-refractivity contribution >= 4 is 16.1 Å². The molecule has 0 rings (SSSR count). The third kappa shape index (κ3) is 18.4. The van der Waals surface area contributed by atoms with Gasteiger partial charge >= 0.3 is 23.9 Å². The second kappa shape index (κ2) is 20.8. The Morgan fingerprint density at radius 1 is 0.575 bits per heavy atom. The molecule has 5 nitrogen and oxygen atoms in total. The summed E-state index contributed by atoms with van der Waals surface area (Å²) < 4.78 is 113. The summed E-state index contributed by atoms with van der Waals surface area (Å²) in [6.07, 6.45) is 10.1. The Kier molecular flexibility index (Phi) is 20.2. The maximum absolute atomic E-state index is 13.2. The van der Waals surface area contributed by atoms with Gasteiger partial charge in [0.1, 0.15) is 5.75 Å². The van der Waals surface area contributed by atoms with Crippen LogP contribution >= 0.6 is 0 Å².